The van der Waals surface area contributed by atoms with Crippen molar-refractivity contribution in [3.63, 3.8) is 0 Å². The summed E-state index contributed by atoms with van der Waals surface area (Å²) >= 11 is 1.36. The average molecular weight is 320 g/mol. The van der Waals surface area contributed by atoms with Gasteiger partial charge in [-0.3, -0.25) is 4.79 Å². The molecule has 1 heterocycles. The average Bonchev–Trinajstić information content (AvgIpc) is 2.82. The monoisotopic (exact) mass is 320 g/mol. The number of carbonyl (C=O) groups is 2. The molecule has 0 fully saturated rings. The van der Waals surface area contributed by atoms with Gasteiger partial charge in [-0.2, -0.15) is 0 Å². The fourth-order valence-corrected chi connectivity index (χ4v) is 2.69. The van der Waals surface area contributed by atoms with E-state index in [1.54, 1.807) is 19.1 Å². The number of rotatable bonds is 6. The van der Waals surface area contributed by atoms with Crippen LogP contribution in [0.15, 0.2) is 24.3 Å². The van der Waals surface area contributed by atoms with E-state index in [-0.39, 0.29) is 11.5 Å². The zero-order chi connectivity index (χ0) is 16.1. The number of benzene rings is 1. The van der Waals surface area contributed by atoms with E-state index in [9.17, 15) is 9.59 Å². The first-order chi connectivity index (χ1) is 10.5. The van der Waals surface area contributed by atoms with Crippen LogP contribution in [-0.4, -0.2) is 35.1 Å². The maximum absolute atomic E-state index is 11.9. The van der Waals surface area contributed by atoms with Crippen LogP contribution in [0.2, 0.25) is 0 Å². The molecule has 1 aromatic carbocycles. The second-order valence-corrected chi connectivity index (χ2v) is 5.78. The Hall–Kier alpha value is -2.41. The number of nitrogens with zero attached hydrogens (tertiary/aromatic N) is 1. The standard InChI is InChI=1S/C15H16N2O4S/c1-9-13(22-10(2)17-9)14(18)16-7-8-21-12-5-3-11(4-6-12)15(19)20/h3-6H,7-8H2,1-2H3,(H,16,18)(H,19,20). The van der Waals surface area contributed by atoms with E-state index in [1.165, 1.54) is 23.5 Å². The van der Waals surface area contributed by atoms with Crippen molar-refractivity contribution in [1.82, 2.24) is 10.3 Å². The first-order valence-corrected chi connectivity index (χ1v) is 7.47. The molecule has 0 atom stereocenters. The summed E-state index contributed by atoms with van der Waals surface area (Å²) in [5.41, 5.74) is 0.932. The normalized spacial score (nSPS) is 10.3. The van der Waals surface area contributed by atoms with Gasteiger partial charge in [-0.1, -0.05) is 0 Å². The third kappa shape index (κ3) is 4.05. The Morgan fingerprint density at radius 3 is 2.50 bits per heavy atom. The SMILES string of the molecule is Cc1nc(C)c(C(=O)NCCOc2ccc(C(=O)O)cc2)s1. The number of carboxylic acid groups (broad SMARTS) is 1. The molecule has 6 nitrogen and oxygen atoms in total. The first kappa shape index (κ1) is 16.0. The Bertz CT molecular complexity index is 679. The highest BCUT2D eigenvalue weighted by atomic mass is 32.1. The molecule has 0 bridgehead atoms. The smallest absolute Gasteiger partial charge is 0.335 e. The number of carboxylic acids is 1. The van der Waals surface area contributed by atoms with E-state index < -0.39 is 5.97 Å². The Balaban J connectivity index is 1.78. The van der Waals surface area contributed by atoms with Gasteiger partial charge in [-0.05, 0) is 38.1 Å². The number of aromatic carboxylic acids is 1. The lowest BCUT2D eigenvalue weighted by Crippen LogP contribution is -2.27. The summed E-state index contributed by atoms with van der Waals surface area (Å²) in [5, 5.41) is 12.4. The van der Waals surface area contributed by atoms with Crippen molar-refractivity contribution < 1.29 is 19.4 Å². The molecule has 0 spiro atoms. The van der Waals surface area contributed by atoms with Gasteiger partial charge >= 0.3 is 5.97 Å². The van der Waals surface area contributed by atoms with E-state index >= 15 is 0 Å². The highest BCUT2D eigenvalue weighted by Crippen LogP contribution is 2.16. The van der Waals surface area contributed by atoms with Crippen molar-refractivity contribution in [1.29, 1.82) is 0 Å². The largest absolute Gasteiger partial charge is 0.492 e. The van der Waals surface area contributed by atoms with Crippen LogP contribution >= 0.6 is 11.3 Å². The number of hydrogen-bond acceptors (Lipinski definition) is 5. The summed E-state index contributed by atoms with van der Waals surface area (Å²) in [4.78, 5) is 27.5. The van der Waals surface area contributed by atoms with Crippen LogP contribution in [0.4, 0.5) is 0 Å². The number of aryl methyl sites for hydroxylation is 2. The molecule has 22 heavy (non-hydrogen) atoms. The van der Waals surface area contributed by atoms with Crippen molar-refractivity contribution >= 4 is 23.2 Å². The van der Waals surface area contributed by atoms with Gasteiger partial charge < -0.3 is 15.2 Å². The molecule has 0 aliphatic heterocycles. The molecule has 0 radical (unpaired) electrons. The lowest BCUT2D eigenvalue weighted by Gasteiger charge is -2.07. The number of aromatic nitrogens is 1. The van der Waals surface area contributed by atoms with Gasteiger partial charge in [0.1, 0.15) is 17.2 Å². The van der Waals surface area contributed by atoms with Crippen LogP contribution in [0.5, 0.6) is 5.75 Å². The Labute approximate surface area is 131 Å². The second-order valence-electron chi connectivity index (χ2n) is 4.58. The van der Waals surface area contributed by atoms with Crippen LogP contribution in [0.1, 0.15) is 30.7 Å². The number of amides is 1. The quantitative estimate of drug-likeness (QED) is 0.797. The van der Waals surface area contributed by atoms with E-state index in [0.29, 0.717) is 23.8 Å². The minimum Gasteiger partial charge on any atom is -0.492 e. The van der Waals surface area contributed by atoms with Crippen LogP contribution in [0, 0.1) is 13.8 Å². The van der Waals surface area contributed by atoms with Gasteiger partial charge in [0.05, 0.1) is 22.8 Å². The summed E-state index contributed by atoms with van der Waals surface area (Å²) in [6.07, 6.45) is 0. The molecule has 2 aromatic rings. The van der Waals surface area contributed by atoms with Crippen molar-refractivity contribution in [2.24, 2.45) is 0 Å². The summed E-state index contributed by atoms with van der Waals surface area (Å²) in [7, 11) is 0. The summed E-state index contributed by atoms with van der Waals surface area (Å²) < 4.78 is 5.44. The third-order valence-corrected chi connectivity index (χ3v) is 3.94. The molecule has 0 unspecified atom stereocenters. The predicted molar refractivity (Wildman–Crippen MR) is 82.8 cm³/mol. The predicted octanol–water partition coefficient (Wildman–Crippen LogP) is 2.27. The lowest BCUT2D eigenvalue weighted by atomic mass is 10.2. The molecule has 2 N–H and O–H groups in total. The molecule has 0 saturated carbocycles. The third-order valence-electron chi connectivity index (χ3n) is 2.87. The maximum Gasteiger partial charge on any atom is 0.335 e. The topological polar surface area (TPSA) is 88.5 Å². The maximum atomic E-state index is 11.9. The van der Waals surface area contributed by atoms with Gasteiger partial charge in [0, 0.05) is 0 Å². The summed E-state index contributed by atoms with van der Waals surface area (Å²) in [5.74, 6) is -0.578. The van der Waals surface area contributed by atoms with Gasteiger partial charge in [0.2, 0.25) is 0 Å². The van der Waals surface area contributed by atoms with Crippen molar-refractivity contribution in [2.75, 3.05) is 13.2 Å². The van der Waals surface area contributed by atoms with Crippen LogP contribution in [-0.2, 0) is 0 Å². The van der Waals surface area contributed by atoms with Gasteiger partial charge in [-0.15, -0.1) is 11.3 Å². The minimum atomic E-state index is -0.978. The van der Waals surface area contributed by atoms with E-state index in [0.717, 1.165) is 10.7 Å². The Kier molecular flexibility index (Phi) is 5.11. The molecule has 1 aromatic heterocycles. The van der Waals surface area contributed by atoms with Crippen molar-refractivity contribution in [3.05, 3.63) is 45.4 Å². The Morgan fingerprint density at radius 1 is 1.27 bits per heavy atom. The second kappa shape index (κ2) is 7.04. The molecular formula is C15H16N2O4S. The first-order valence-electron chi connectivity index (χ1n) is 6.66. The fourth-order valence-electron chi connectivity index (χ4n) is 1.85. The summed E-state index contributed by atoms with van der Waals surface area (Å²) in [6.45, 7) is 4.32. The number of carbonyl (C=O) groups excluding carboxylic acids is 1. The number of hydrogen-bond donors (Lipinski definition) is 2. The van der Waals surface area contributed by atoms with Gasteiger partial charge in [0.25, 0.3) is 5.91 Å². The molecule has 2 rings (SSSR count). The highest BCUT2D eigenvalue weighted by Gasteiger charge is 2.12. The molecule has 0 aliphatic carbocycles. The van der Waals surface area contributed by atoms with Crippen LogP contribution in [0.25, 0.3) is 0 Å². The number of ether oxygens (including phenoxy) is 1. The van der Waals surface area contributed by atoms with Gasteiger partial charge in [0.15, 0.2) is 0 Å². The lowest BCUT2D eigenvalue weighted by molar-refractivity contribution is 0.0696. The minimum absolute atomic E-state index is 0.159. The fraction of sp³-hybridized carbons (Fsp3) is 0.267. The van der Waals surface area contributed by atoms with E-state index in [4.69, 9.17) is 9.84 Å². The molecule has 0 saturated heterocycles. The number of nitrogens with one attached hydrogen (secondary N) is 1. The molecular weight excluding hydrogens is 304 g/mol. The zero-order valence-corrected chi connectivity index (χ0v) is 13.1. The molecule has 7 heteroatoms. The summed E-state index contributed by atoms with van der Waals surface area (Å²) in [6, 6.07) is 6.11. The van der Waals surface area contributed by atoms with E-state index in [2.05, 4.69) is 10.3 Å². The Morgan fingerprint density at radius 2 is 1.95 bits per heavy atom. The van der Waals surface area contributed by atoms with Gasteiger partial charge in [-0.25, -0.2) is 9.78 Å². The van der Waals surface area contributed by atoms with E-state index in [1.807, 2.05) is 6.92 Å². The molecule has 0 aliphatic rings. The number of thiazole rings is 1. The zero-order valence-electron chi connectivity index (χ0n) is 12.3. The van der Waals surface area contributed by atoms with Crippen molar-refractivity contribution in [3.8, 4) is 5.75 Å². The van der Waals surface area contributed by atoms with Crippen LogP contribution < -0.4 is 10.1 Å². The van der Waals surface area contributed by atoms with Crippen molar-refractivity contribution in [2.45, 2.75) is 13.8 Å². The molecule has 116 valence electrons. The highest BCUT2D eigenvalue weighted by molar-refractivity contribution is 7.13. The molecule has 1 amide bonds. The van der Waals surface area contributed by atoms with Crippen LogP contribution in [0.3, 0.4) is 0 Å².